The van der Waals surface area contributed by atoms with Crippen LogP contribution in [-0.2, 0) is 23.0 Å². The second kappa shape index (κ2) is 6.57. The maximum atomic E-state index is 12.8. The highest BCUT2D eigenvalue weighted by Gasteiger charge is 2.22. The highest BCUT2D eigenvalue weighted by molar-refractivity contribution is 7.92. The Morgan fingerprint density at radius 3 is 2.60 bits per heavy atom. The van der Waals surface area contributed by atoms with E-state index in [-0.39, 0.29) is 15.5 Å². The number of oxazole rings is 1. The maximum absolute atomic E-state index is 12.8. The molecule has 0 fully saturated rings. The molecule has 0 spiro atoms. The lowest BCUT2D eigenvalue weighted by molar-refractivity contribution is 0.512. The summed E-state index contributed by atoms with van der Waals surface area (Å²) >= 11 is 6.19. The van der Waals surface area contributed by atoms with E-state index in [9.17, 15) is 13.2 Å². The van der Waals surface area contributed by atoms with Crippen LogP contribution in [0, 0.1) is 0 Å². The van der Waals surface area contributed by atoms with Gasteiger partial charge in [-0.3, -0.25) is 9.29 Å². The van der Waals surface area contributed by atoms with Gasteiger partial charge in [0.2, 0.25) is 0 Å². The molecule has 0 aliphatic rings. The van der Waals surface area contributed by atoms with Gasteiger partial charge in [0.05, 0.1) is 16.2 Å². The fourth-order valence-corrected chi connectivity index (χ4v) is 4.34. The lowest BCUT2D eigenvalue weighted by atomic mass is 10.1. The summed E-state index contributed by atoms with van der Waals surface area (Å²) in [7, 11) is -3.93. The molecule has 0 amide bonds. The minimum Gasteiger partial charge on any atom is -0.408 e. The number of anilines is 1. The van der Waals surface area contributed by atoms with E-state index >= 15 is 0 Å². The molecule has 132 valence electrons. The Morgan fingerprint density at radius 2 is 1.92 bits per heavy atom. The minimum absolute atomic E-state index is 0.0250. The van der Waals surface area contributed by atoms with Crippen LogP contribution in [0.4, 0.5) is 5.69 Å². The quantitative estimate of drug-likeness (QED) is 0.732. The molecule has 6 nitrogen and oxygen atoms in total. The van der Waals surface area contributed by atoms with Crippen LogP contribution >= 0.6 is 11.6 Å². The summed E-state index contributed by atoms with van der Waals surface area (Å²) < 4.78 is 34.6. The number of halogens is 1. The zero-order chi connectivity index (χ0) is 18.2. The number of sulfonamides is 1. The summed E-state index contributed by atoms with van der Waals surface area (Å²) in [6, 6.07) is 9.85. The number of nitrogens with zero attached hydrogens (tertiary/aromatic N) is 1. The molecule has 1 N–H and O–H groups in total. The van der Waals surface area contributed by atoms with Gasteiger partial charge in [0, 0.05) is 12.6 Å². The van der Waals surface area contributed by atoms with Crippen LogP contribution in [0.1, 0.15) is 19.4 Å². The fraction of sp³-hybridized carbons (Fsp3) is 0.235. The third-order valence-corrected chi connectivity index (χ3v) is 5.80. The average molecular weight is 381 g/mol. The molecule has 0 saturated carbocycles. The van der Waals surface area contributed by atoms with Gasteiger partial charge in [-0.1, -0.05) is 36.7 Å². The van der Waals surface area contributed by atoms with Crippen LogP contribution in [0.15, 0.2) is 50.5 Å². The Bertz CT molecular complexity index is 1100. The summed E-state index contributed by atoms with van der Waals surface area (Å²) in [5.41, 5.74) is 2.01. The lowest BCUT2D eigenvalue weighted by Gasteiger charge is -2.12. The van der Waals surface area contributed by atoms with Crippen LogP contribution in [0.25, 0.3) is 11.1 Å². The Morgan fingerprint density at radius 1 is 1.20 bits per heavy atom. The van der Waals surface area contributed by atoms with Crippen LogP contribution in [0.5, 0.6) is 0 Å². The molecule has 0 bridgehead atoms. The molecule has 3 rings (SSSR count). The van der Waals surface area contributed by atoms with Crippen molar-refractivity contribution in [2.24, 2.45) is 0 Å². The van der Waals surface area contributed by atoms with Gasteiger partial charge < -0.3 is 4.42 Å². The number of hydrogen-bond donors (Lipinski definition) is 1. The van der Waals surface area contributed by atoms with E-state index in [2.05, 4.69) is 4.72 Å². The van der Waals surface area contributed by atoms with Crippen LogP contribution < -0.4 is 10.5 Å². The van der Waals surface area contributed by atoms with Gasteiger partial charge in [0.1, 0.15) is 4.90 Å². The van der Waals surface area contributed by atoms with E-state index < -0.39 is 15.8 Å². The van der Waals surface area contributed by atoms with E-state index in [4.69, 9.17) is 16.0 Å². The molecule has 0 atom stereocenters. The van der Waals surface area contributed by atoms with Gasteiger partial charge in [-0.15, -0.1) is 0 Å². The molecule has 3 aromatic rings. The third-order valence-electron chi connectivity index (χ3n) is 3.97. The fourth-order valence-electron chi connectivity index (χ4n) is 2.70. The highest BCUT2D eigenvalue weighted by Crippen LogP contribution is 2.29. The monoisotopic (exact) mass is 380 g/mol. The smallest absolute Gasteiger partial charge is 0.408 e. The zero-order valence-corrected chi connectivity index (χ0v) is 15.3. The maximum Gasteiger partial charge on any atom is 0.419 e. The number of nitrogens with one attached hydrogen (secondary N) is 1. The second-order valence-electron chi connectivity index (χ2n) is 5.48. The normalized spacial score (nSPS) is 11.8. The van der Waals surface area contributed by atoms with Crippen molar-refractivity contribution in [3.8, 4) is 0 Å². The van der Waals surface area contributed by atoms with Gasteiger partial charge >= 0.3 is 5.76 Å². The Balaban J connectivity index is 2.11. The molecular weight excluding hydrogens is 364 g/mol. The summed E-state index contributed by atoms with van der Waals surface area (Å²) in [6.07, 6.45) is 0.680. The van der Waals surface area contributed by atoms with Gasteiger partial charge in [-0.05, 0) is 31.0 Å². The molecular formula is C17H17ClN2O4S. The molecule has 0 aliphatic heterocycles. The standard InChI is InChI=1S/C17H17ClN2O4S/c1-3-11-7-5-6-8-13(11)19-25(22,23)16-10-15-14(9-12(16)18)20(4-2)17(21)24-15/h5-10,19H,3-4H2,1-2H3. The van der Waals surface area contributed by atoms with Crippen LogP contribution in [-0.4, -0.2) is 13.0 Å². The third kappa shape index (κ3) is 3.17. The number of hydrogen-bond acceptors (Lipinski definition) is 4. The first-order valence-corrected chi connectivity index (χ1v) is 9.67. The molecule has 1 aromatic heterocycles. The molecule has 0 unspecified atom stereocenters. The average Bonchev–Trinajstić information content (AvgIpc) is 2.88. The Labute approximate surface area is 150 Å². The molecule has 8 heteroatoms. The molecule has 1 heterocycles. The zero-order valence-electron chi connectivity index (χ0n) is 13.7. The van der Waals surface area contributed by atoms with Crippen molar-refractivity contribution in [3.63, 3.8) is 0 Å². The number of aromatic nitrogens is 1. The van der Waals surface area contributed by atoms with E-state index in [0.29, 0.717) is 24.2 Å². The summed E-state index contributed by atoms with van der Waals surface area (Å²) in [5, 5.41) is 0.0250. The van der Waals surface area contributed by atoms with E-state index in [1.165, 1.54) is 16.7 Å². The summed E-state index contributed by atoms with van der Waals surface area (Å²) in [5.74, 6) is -0.549. The van der Waals surface area contributed by atoms with Gasteiger partial charge in [-0.25, -0.2) is 13.2 Å². The number of fused-ring (bicyclic) bond motifs is 1. The Kier molecular flexibility index (Phi) is 4.62. The second-order valence-corrected chi connectivity index (χ2v) is 7.54. The minimum atomic E-state index is -3.93. The molecule has 2 aromatic carbocycles. The first-order chi connectivity index (χ1) is 11.9. The topological polar surface area (TPSA) is 81.3 Å². The van der Waals surface area contributed by atoms with Gasteiger partial charge in [0.15, 0.2) is 5.58 Å². The van der Waals surface area contributed by atoms with Crippen LogP contribution in [0.2, 0.25) is 5.02 Å². The number of para-hydroxylation sites is 1. The summed E-state index contributed by atoms with van der Waals surface area (Å²) in [6.45, 7) is 4.13. The molecule has 25 heavy (non-hydrogen) atoms. The number of rotatable bonds is 5. The highest BCUT2D eigenvalue weighted by atomic mass is 35.5. The van der Waals surface area contributed by atoms with Crippen LogP contribution in [0.3, 0.4) is 0 Å². The van der Waals surface area contributed by atoms with Crippen molar-refractivity contribution in [1.82, 2.24) is 4.57 Å². The predicted octanol–water partition coefficient (Wildman–Crippen LogP) is 3.63. The number of benzene rings is 2. The SMILES string of the molecule is CCc1ccccc1NS(=O)(=O)c1cc2oc(=O)n(CC)c2cc1Cl. The molecule has 0 saturated heterocycles. The van der Waals surface area contributed by atoms with Crippen molar-refractivity contribution in [2.75, 3.05) is 4.72 Å². The summed E-state index contributed by atoms with van der Waals surface area (Å²) in [4.78, 5) is 11.7. The van der Waals surface area contributed by atoms with E-state index in [0.717, 1.165) is 5.56 Å². The molecule has 0 radical (unpaired) electrons. The van der Waals surface area contributed by atoms with E-state index in [1.807, 2.05) is 19.1 Å². The predicted molar refractivity (Wildman–Crippen MR) is 97.8 cm³/mol. The Hall–Kier alpha value is -2.25. The van der Waals surface area contributed by atoms with Gasteiger partial charge in [0.25, 0.3) is 10.0 Å². The van der Waals surface area contributed by atoms with Crippen molar-refractivity contribution in [1.29, 1.82) is 0 Å². The van der Waals surface area contributed by atoms with E-state index in [1.54, 1.807) is 19.1 Å². The van der Waals surface area contributed by atoms with Crippen molar-refractivity contribution in [3.05, 3.63) is 57.5 Å². The van der Waals surface area contributed by atoms with Gasteiger partial charge in [-0.2, -0.15) is 0 Å². The lowest BCUT2D eigenvalue weighted by Crippen LogP contribution is -2.15. The molecule has 0 aliphatic carbocycles. The first-order valence-electron chi connectivity index (χ1n) is 7.81. The first kappa shape index (κ1) is 17.6. The van der Waals surface area contributed by atoms with Crippen molar-refractivity contribution < 1.29 is 12.8 Å². The number of aryl methyl sites for hydroxylation is 2. The largest absolute Gasteiger partial charge is 0.419 e. The van der Waals surface area contributed by atoms with Crippen molar-refractivity contribution >= 4 is 38.4 Å². The van der Waals surface area contributed by atoms with Crippen molar-refractivity contribution in [2.45, 2.75) is 31.7 Å².